The van der Waals surface area contributed by atoms with Crippen LogP contribution < -0.4 is 10.1 Å². The van der Waals surface area contributed by atoms with Crippen molar-refractivity contribution in [1.82, 2.24) is 9.62 Å². The van der Waals surface area contributed by atoms with Gasteiger partial charge in [0, 0.05) is 19.6 Å². The van der Waals surface area contributed by atoms with E-state index >= 15 is 0 Å². The first-order valence-corrected chi connectivity index (χ1v) is 11.0. The Balaban J connectivity index is 1.67. The van der Waals surface area contributed by atoms with Crippen molar-refractivity contribution in [1.29, 1.82) is 0 Å². The second-order valence-electron chi connectivity index (χ2n) is 6.92. The summed E-state index contributed by atoms with van der Waals surface area (Å²) in [6, 6.07) is 14.2. The van der Waals surface area contributed by atoms with Gasteiger partial charge < -0.3 is 14.8 Å². The number of carbonyl (C=O) groups excluding carboxylic acids is 1. The molecule has 1 aliphatic heterocycles. The highest BCUT2D eigenvalue weighted by molar-refractivity contribution is 7.89. The molecule has 29 heavy (non-hydrogen) atoms. The number of hydrogen-bond acceptors (Lipinski definition) is 5. The maximum absolute atomic E-state index is 13.0. The lowest BCUT2D eigenvalue weighted by molar-refractivity contribution is -0.127. The predicted molar refractivity (Wildman–Crippen MR) is 109 cm³/mol. The summed E-state index contributed by atoms with van der Waals surface area (Å²) in [5.41, 5.74) is 1.58. The van der Waals surface area contributed by atoms with E-state index in [2.05, 4.69) is 5.32 Å². The minimum Gasteiger partial charge on any atom is -0.481 e. The zero-order valence-corrected chi connectivity index (χ0v) is 17.4. The molecular formula is C21H26N2O5S. The van der Waals surface area contributed by atoms with Gasteiger partial charge in [-0.25, -0.2) is 8.42 Å². The van der Waals surface area contributed by atoms with Crippen molar-refractivity contribution in [2.75, 3.05) is 26.3 Å². The maximum atomic E-state index is 13.0. The number of ether oxygens (including phenoxy) is 2. The highest BCUT2D eigenvalue weighted by Crippen LogP contribution is 2.21. The maximum Gasteiger partial charge on any atom is 0.261 e. The summed E-state index contributed by atoms with van der Waals surface area (Å²) >= 11 is 0. The first-order valence-electron chi connectivity index (χ1n) is 9.55. The molecule has 1 atom stereocenters. The van der Waals surface area contributed by atoms with E-state index in [-0.39, 0.29) is 17.3 Å². The molecule has 1 aliphatic rings. The molecule has 0 saturated carbocycles. The fourth-order valence-corrected chi connectivity index (χ4v) is 4.73. The molecule has 1 fully saturated rings. The number of amides is 1. The van der Waals surface area contributed by atoms with Crippen molar-refractivity contribution in [2.45, 2.75) is 31.4 Å². The zero-order valence-electron chi connectivity index (χ0n) is 16.6. The van der Waals surface area contributed by atoms with Gasteiger partial charge in [-0.2, -0.15) is 4.31 Å². The molecule has 1 unspecified atom stereocenters. The number of benzene rings is 2. The molecule has 2 aromatic carbocycles. The Kier molecular flexibility index (Phi) is 6.89. The largest absolute Gasteiger partial charge is 0.481 e. The topological polar surface area (TPSA) is 84.9 Å². The molecule has 1 saturated heterocycles. The summed E-state index contributed by atoms with van der Waals surface area (Å²) in [7, 11) is -3.64. The number of sulfonamides is 1. The third-order valence-electron chi connectivity index (χ3n) is 4.69. The van der Waals surface area contributed by atoms with Crippen LogP contribution >= 0.6 is 0 Å². The van der Waals surface area contributed by atoms with Crippen molar-refractivity contribution in [2.24, 2.45) is 0 Å². The molecule has 0 radical (unpaired) electrons. The molecule has 0 aromatic heterocycles. The molecule has 8 heteroatoms. The molecular weight excluding hydrogens is 392 g/mol. The van der Waals surface area contributed by atoms with E-state index in [1.165, 1.54) is 4.31 Å². The molecule has 1 amide bonds. The second kappa shape index (κ2) is 9.39. The third-order valence-corrected chi connectivity index (χ3v) is 6.68. The van der Waals surface area contributed by atoms with Crippen LogP contribution in [0.5, 0.6) is 5.75 Å². The molecule has 0 aliphatic carbocycles. The van der Waals surface area contributed by atoms with Crippen LogP contribution in [0.3, 0.4) is 0 Å². The molecule has 0 spiro atoms. The normalized spacial score (nSPS) is 16.2. The summed E-state index contributed by atoms with van der Waals surface area (Å²) < 4.78 is 38.3. The fourth-order valence-electron chi connectivity index (χ4n) is 3.10. The molecule has 3 rings (SSSR count). The fraction of sp³-hybridized carbons (Fsp3) is 0.381. The van der Waals surface area contributed by atoms with E-state index in [1.54, 1.807) is 37.3 Å². The van der Waals surface area contributed by atoms with Gasteiger partial charge >= 0.3 is 0 Å². The predicted octanol–water partition coefficient (Wildman–Crippen LogP) is 2.10. The van der Waals surface area contributed by atoms with Gasteiger partial charge in [-0.15, -0.1) is 0 Å². The van der Waals surface area contributed by atoms with Gasteiger partial charge in [-0.05, 0) is 43.2 Å². The van der Waals surface area contributed by atoms with Crippen molar-refractivity contribution < 1.29 is 22.7 Å². The third kappa shape index (κ3) is 5.35. The van der Waals surface area contributed by atoms with Crippen LogP contribution in [0.4, 0.5) is 0 Å². The van der Waals surface area contributed by atoms with Crippen LogP contribution in [0.2, 0.25) is 0 Å². The van der Waals surface area contributed by atoms with Crippen molar-refractivity contribution in [3.63, 3.8) is 0 Å². The summed E-state index contributed by atoms with van der Waals surface area (Å²) in [6.45, 7) is 5.12. The van der Waals surface area contributed by atoms with Crippen molar-refractivity contribution in [3.8, 4) is 5.75 Å². The lowest BCUT2D eigenvalue weighted by Crippen LogP contribution is -2.41. The SMILES string of the molecule is Cc1cccc(OC(C)C(=O)NCc2ccccc2S(=O)(=O)N2CCOCC2)c1. The lowest BCUT2D eigenvalue weighted by Gasteiger charge is -2.27. The number of morpholine rings is 1. The second-order valence-corrected chi connectivity index (χ2v) is 8.82. The van der Waals surface area contributed by atoms with Gasteiger partial charge in [0.15, 0.2) is 6.10 Å². The Bertz CT molecular complexity index is 955. The molecule has 156 valence electrons. The first-order chi connectivity index (χ1) is 13.9. The zero-order chi connectivity index (χ0) is 20.9. The van der Waals surface area contributed by atoms with Gasteiger partial charge in [0.2, 0.25) is 10.0 Å². The average molecular weight is 419 g/mol. The van der Waals surface area contributed by atoms with E-state index in [4.69, 9.17) is 9.47 Å². The summed E-state index contributed by atoms with van der Waals surface area (Å²) in [5, 5.41) is 2.78. The van der Waals surface area contributed by atoms with E-state index in [1.807, 2.05) is 25.1 Å². The van der Waals surface area contributed by atoms with Gasteiger partial charge in [0.1, 0.15) is 5.75 Å². The quantitative estimate of drug-likeness (QED) is 0.744. The van der Waals surface area contributed by atoms with Crippen LogP contribution in [0.15, 0.2) is 53.4 Å². The van der Waals surface area contributed by atoms with Crippen LogP contribution in [-0.4, -0.2) is 51.0 Å². The Morgan fingerprint density at radius 3 is 2.62 bits per heavy atom. The Morgan fingerprint density at radius 2 is 1.90 bits per heavy atom. The van der Waals surface area contributed by atoms with Crippen LogP contribution in [-0.2, 0) is 26.1 Å². The van der Waals surface area contributed by atoms with Gasteiger partial charge in [0.05, 0.1) is 18.1 Å². The van der Waals surface area contributed by atoms with E-state index in [9.17, 15) is 13.2 Å². The van der Waals surface area contributed by atoms with Gasteiger partial charge in [-0.3, -0.25) is 4.79 Å². The minimum absolute atomic E-state index is 0.0973. The Hall–Kier alpha value is -2.42. The highest BCUT2D eigenvalue weighted by atomic mass is 32.2. The number of hydrogen-bond donors (Lipinski definition) is 1. The number of carbonyl (C=O) groups is 1. The lowest BCUT2D eigenvalue weighted by atomic mass is 10.2. The molecule has 2 aromatic rings. The van der Waals surface area contributed by atoms with Gasteiger partial charge in [0.25, 0.3) is 5.91 Å². The molecule has 0 bridgehead atoms. The number of aryl methyl sites for hydroxylation is 1. The Labute approximate surface area is 171 Å². The summed E-state index contributed by atoms with van der Waals surface area (Å²) in [5.74, 6) is 0.299. The van der Waals surface area contributed by atoms with E-state index in [0.717, 1.165) is 5.56 Å². The molecule has 1 heterocycles. The standard InChI is InChI=1S/C21H26N2O5S/c1-16-6-5-8-19(14-16)28-17(2)21(24)22-15-18-7-3-4-9-20(18)29(25,26)23-10-12-27-13-11-23/h3-9,14,17H,10-13,15H2,1-2H3,(H,22,24). The van der Waals surface area contributed by atoms with Crippen LogP contribution in [0.25, 0.3) is 0 Å². The van der Waals surface area contributed by atoms with Crippen LogP contribution in [0.1, 0.15) is 18.1 Å². The number of rotatable bonds is 7. The Morgan fingerprint density at radius 1 is 1.17 bits per heavy atom. The highest BCUT2D eigenvalue weighted by Gasteiger charge is 2.28. The smallest absolute Gasteiger partial charge is 0.261 e. The van der Waals surface area contributed by atoms with Crippen LogP contribution in [0, 0.1) is 6.92 Å². The summed E-state index contributed by atoms with van der Waals surface area (Å²) in [6.07, 6.45) is -0.709. The monoisotopic (exact) mass is 418 g/mol. The molecule has 7 nitrogen and oxygen atoms in total. The van der Waals surface area contributed by atoms with Gasteiger partial charge in [-0.1, -0.05) is 30.3 Å². The van der Waals surface area contributed by atoms with E-state index < -0.39 is 16.1 Å². The summed E-state index contributed by atoms with van der Waals surface area (Å²) in [4.78, 5) is 12.7. The van der Waals surface area contributed by atoms with Crippen molar-refractivity contribution >= 4 is 15.9 Å². The number of nitrogens with one attached hydrogen (secondary N) is 1. The van der Waals surface area contributed by atoms with Crippen molar-refractivity contribution in [3.05, 3.63) is 59.7 Å². The molecule has 1 N–H and O–H groups in total. The number of nitrogens with zero attached hydrogens (tertiary/aromatic N) is 1. The minimum atomic E-state index is -3.64. The van der Waals surface area contributed by atoms with E-state index in [0.29, 0.717) is 37.6 Å². The average Bonchev–Trinajstić information content (AvgIpc) is 2.72. The first kappa shape index (κ1) is 21.3.